The zero-order valence-electron chi connectivity index (χ0n) is 15.0. The minimum atomic E-state index is -0.336. The highest BCUT2D eigenvalue weighted by Gasteiger charge is 2.18. The van der Waals surface area contributed by atoms with Crippen molar-refractivity contribution in [2.24, 2.45) is 0 Å². The zero-order chi connectivity index (χ0) is 19.5. The second-order valence-electron chi connectivity index (χ2n) is 6.29. The van der Waals surface area contributed by atoms with Crippen LogP contribution in [0.4, 0.5) is 4.39 Å². The summed E-state index contributed by atoms with van der Waals surface area (Å²) >= 11 is 0. The van der Waals surface area contributed by atoms with Crippen LogP contribution in [0.2, 0.25) is 0 Å². The Hall–Kier alpha value is -3.81. The molecule has 4 aromatic rings. The summed E-state index contributed by atoms with van der Waals surface area (Å²) in [6.45, 7) is 1.90. The fourth-order valence-electron chi connectivity index (χ4n) is 2.91. The molecule has 0 fully saturated rings. The molecule has 0 aliphatic carbocycles. The molecule has 2 aromatic heterocycles. The Kier molecular flexibility index (Phi) is 4.67. The van der Waals surface area contributed by atoms with E-state index in [4.69, 9.17) is 0 Å². The van der Waals surface area contributed by atoms with Gasteiger partial charge in [0.05, 0.1) is 29.2 Å². The molecule has 2 heterocycles. The van der Waals surface area contributed by atoms with Crippen molar-refractivity contribution in [1.29, 1.82) is 0 Å². The van der Waals surface area contributed by atoms with Gasteiger partial charge in [0.25, 0.3) is 5.91 Å². The van der Waals surface area contributed by atoms with Crippen molar-refractivity contribution in [1.82, 2.24) is 30.3 Å². The summed E-state index contributed by atoms with van der Waals surface area (Å²) < 4.78 is 14.8. The van der Waals surface area contributed by atoms with E-state index in [1.54, 1.807) is 23.1 Å². The first-order valence-corrected chi connectivity index (χ1v) is 8.67. The Morgan fingerprint density at radius 3 is 2.57 bits per heavy atom. The maximum absolute atomic E-state index is 13.2. The number of benzene rings is 2. The first kappa shape index (κ1) is 17.6. The average molecular weight is 376 g/mol. The molecule has 0 unspecified atom stereocenters. The number of nitrogens with zero attached hydrogens (tertiary/aromatic N) is 4. The minimum absolute atomic E-state index is 0.215. The molecule has 2 N–H and O–H groups in total. The standard InChI is InChI=1S/C20H17FN6O/c1-13(14-4-8-17(9-5-14)27-12-22-11-24-27)25-20(28)18-10-23-26-19(18)15-2-6-16(21)7-3-15/h2-13H,1H3,(H,23,26)(H,25,28)/t13-/m1/s1. The van der Waals surface area contributed by atoms with Crippen molar-refractivity contribution < 1.29 is 9.18 Å². The molecule has 28 heavy (non-hydrogen) atoms. The maximum Gasteiger partial charge on any atom is 0.255 e. The van der Waals surface area contributed by atoms with Crippen molar-refractivity contribution in [3.8, 4) is 16.9 Å². The van der Waals surface area contributed by atoms with Crippen molar-refractivity contribution in [2.75, 3.05) is 0 Å². The van der Waals surface area contributed by atoms with Crippen LogP contribution in [0.3, 0.4) is 0 Å². The first-order valence-electron chi connectivity index (χ1n) is 8.67. The molecular formula is C20H17FN6O. The van der Waals surface area contributed by atoms with Gasteiger partial charge < -0.3 is 5.32 Å². The number of hydrogen-bond donors (Lipinski definition) is 2. The molecule has 0 bridgehead atoms. The summed E-state index contributed by atoms with van der Waals surface area (Å²) in [5, 5.41) is 13.8. The van der Waals surface area contributed by atoms with E-state index in [0.717, 1.165) is 11.3 Å². The summed E-state index contributed by atoms with van der Waals surface area (Å²) in [4.78, 5) is 16.7. The molecule has 0 saturated heterocycles. The molecule has 0 radical (unpaired) electrons. The molecular weight excluding hydrogens is 359 g/mol. The molecule has 1 atom stereocenters. The molecule has 0 aliphatic rings. The third-order valence-corrected chi connectivity index (χ3v) is 4.44. The lowest BCUT2D eigenvalue weighted by molar-refractivity contribution is 0.0940. The van der Waals surface area contributed by atoms with E-state index in [0.29, 0.717) is 16.8 Å². The van der Waals surface area contributed by atoms with Gasteiger partial charge in [-0.3, -0.25) is 9.89 Å². The fraction of sp³-hybridized carbons (Fsp3) is 0.100. The number of halogens is 1. The predicted octanol–water partition coefficient (Wildman–Crippen LogP) is 3.29. The zero-order valence-corrected chi connectivity index (χ0v) is 15.0. The number of nitrogens with one attached hydrogen (secondary N) is 2. The summed E-state index contributed by atoms with van der Waals surface area (Å²) in [5.41, 5.74) is 3.47. The summed E-state index contributed by atoms with van der Waals surface area (Å²) in [6.07, 6.45) is 4.56. The summed E-state index contributed by atoms with van der Waals surface area (Å²) in [7, 11) is 0. The molecule has 4 rings (SSSR count). The van der Waals surface area contributed by atoms with E-state index in [-0.39, 0.29) is 17.8 Å². The van der Waals surface area contributed by atoms with Gasteiger partial charge in [0.15, 0.2) is 0 Å². The number of amides is 1. The second-order valence-corrected chi connectivity index (χ2v) is 6.29. The third-order valence-electron chi connectivity index (χ3n) is 4.44. The molecule has 0 aliphatic heterocycles. The largest absolute Gasteiger partial charge is 0.345 e. The van der Waals surface area contributed by atoms with E-state index < -0.39 is 0 Å². The van der Waals surface area contributed by atoms with Crippen LogP contribution in [-0.2, 0) is 0 Å². The number of hydrogen-bond acceptors (Lipinski definition) is 4. The molecule has 140 valence electrons. The quantitative estimate of drug-likeness (QED) is 0.559. The number of carbonyl (C=O) groups excluding carboxylic acids is 1. The van der Waals surface area contributed by atoms with Crippen LogP contribution >= 0.6 is 0 Å². The molecule has 0 spiro atoms. The Morgan fingerprint density at radius 1 is 1.14 bits per heavy atom. The van der Waals surface area contributed by atoms with Gasteiger partial charge >= 0.3 is 0 Å². The van der Waals surface area contributed by atoms with E-state index in [1.807, 2.05) is 31.2 Å². The van der Waals surface area contributed by atoms with E-state index >= 15 is 0 Å². The van der Waals surface area contributed by atoms with E-state index in [9.17, 15) is 9.18 Å². The van der Waals surface area contributed by atoms with Crippen LogP contribution in [0, 0.1) is 5.82 Å². The van der Waals surface area contributed by atoms with Gasteiger partial charge in [0.1, 0.15) is 18.5 Å². The lowest BCUT2D eigenvalue weighted by Crippen LogP contribution is -2.26. The topological polar surface area (TPSA) is 88.5 Å². The number of H-pyrrole nitrogens is 1. The maximum atomic E-state index is 13.2. The lowest BCUT2D eigenvalue weighted by atomic mass is 10.1. The highest BCUT2D eigenvalue weighted by molar-refractivity contribution is 5.99. The summed E-state index contributed by atoms with van der Waals surface area (Å²) in [5.74, 6) is -0.599. The Morgan fingerprint density at radius 2 is 1.89 bits per heavy atom. The Balaban J connectivity index is 1.49. The molecule has 7 nitrogen and oxygen atoms in total. The highest BCUT2D eigenvalue weighted by Crippen LogP contribution is 2.22. The number of carbonyl (C=O) groups is 1. The SMILES string of the molecule is C[C@@H](NC(=O)c1cn[nH]c1-c1ccc(F)cc1)c1ccc(-n2cncn2)cc1. The van der Waals surface area contributed by atoms with Crippen molar-refractivity contribution in [2.45, 2.75) is 13.0 Å². The monoisotopic (exact) mass is 376 g/mol. The van der Waals surface area contributed by atoms with Crippen LogP contribution in [0.25, 0.3) is 16.9 Å². The van der Waals surface area contributed by atoms with Gasteiger partial charge in [-0.05, 0) is 48.9 Å². The summed E-state index contributed by atoms with van der Waals surface area (Å²) in [6, 6.07) is 13.4. The van der Waals surface area contributed by atoms with Crippen LogP contribution < -0.4 is 5.32 Å². The van der Waals surface area contributed by atoms with Crippen molar-refractivity contribution in [3.05, 3.63) is 84.3 Å². The number of aromatic amines is 1. The molecule has 2 aromatic carbocycles. The van der Waals surface area contributed by atoms with Gasteiger partial charge in [-0.1, -0.05) is 12.1 Å². The number of aromatic nitrogens is 5. The van der Waals surface area contributed by atoms with Crippen molar-refractivity contribution >= 4 is 5.91 Å². The van der Waals surface area contributed by atoms with Crippen molar-refractivity contribution in [3.63, 3.8) is 0 Å². The fourth-order valence-corrected chi connectivity index (χ4v) is 2.91. The Bertz CT molecular complexity index is 1070. The van der Waals surface area contributed by atoms with Gasteiger partial charge in [-0.15, -0.1) is 0 Å². The molecule has 0 saturated carbocycles. The predicted molar refractivity (Wildman–Crippen MR) is 101 cm³/mol. The van der Waals surface area contributed by atoms with Gasteiger partial charge in [0.2, 0.25) is 0 Å². The highest BCUT2D eigenvalue weighted by atomic mass is 19.1. The average Bonchev–Trinajstić information content (AvgIpc) is 3.41. The van der Waals surface area contributed by atoms with Crippen LogP contribution in [0.5, 0.6) is 0 Å². The normalized spacial score (nSPS) is 11.9. The van der Waals surface area contributed by atoms with E-state index in [2.05, 4.69) is 25.6 Å². The smallest absolute Gasteiger partial charge is 0.255 e. The van der Waals surface area contributed by atoms with Gasteiger partial charge in [-0.2, -0.15) is 10.2 Å². The molecule has 8 heteroatoms. The number of rotatable bonds is 5. The minimum Gasteiger partial charge on any atom is -0.345 e. The van der Waals surface area contributed by atoms with Gasteiger partial charge in [0, 0.05) is 5.56 Å². The second kappa shape index (κ2) is 7.43. The first-order chi connectivity index (χ1) is 13.6. The third kappa shape index (κ3) is 3.52. The van der Waals surface area contributed by atoms with E-state index in [1.165, 1.54) is 24.7 Å². The van der Waals surface area contributed by atoms with Gasteiger partial charge in [-0.25, -0.2) is 14.1 Å². The van der Waals surface area contributed by atoms with Crippen LogP contribution in [0.1, 0.15) is 28.9 Å². The van der Waals surface area contributed by atoms with Crippen LogP contribution in [-0.4, -0.2) is 30.9 Å². The van der Waals surface area contributed by atoms with Crippen LogP contribution in [0.15, 0.2) is 67.4 Å². The Labute approximate surface area is 160 Å². The molecule has 1 amide bonds. The lowest BCUT2D eigenvalue weighted by Gasteiger charge is -2.15.